The van der Waals surface area contributed by atoms with E-state index >= 15 is 0 Å². The summed E-state index contributed by atoms with van der Waals surface area (Å²) in [4.78, 5) is 20.7. The topological polar surface area (TPSA) is 80.9 Å². The summed E-state index contributed by atoms with van der Waals surface area (Å²) in [7, 11) is 0. The van der Waals surface area contributed by atoms with Gasteiger partial charge in [-0.15, -0.1) is 0 Å². The molecule has 0 fully saturated rings. The van der Waals surface area contributed by atoms with Crippen LogP contribution in [-0.2, 0) is 0 Å². The Kier molecular flexibility index (Phi) is 2.26. The molecule has 4 rings (SSSR count). The number of imidazole rings is 1. The number of para-hydroxylation sites is 2. The Morgan fingerprint density at radius 2 is 1.90 bits per heavy atom. The summed E-state index contributed by atoms with van der Waals surface area (Å²) in [5.41, 5.74) is 2.14. The van der Waals surface area contributed by atoms with Crippen molar-refractivity contribution in [3.05, 3.63) is 52.5 Å². The van der Waals surface area contributed by atoms with Crippen molar-refractivity contribution in [3.63, 3.8) is 0 Å². The van der Waals surface area contributed by atoms with E-state index in [-0.39, 0.29) is 5.69 Å². The van der Waals surface area contributed by atoms with Crippen LogP contribution in [0.2, 0.25) is 0 Å². The molecule has 104 valence electrons. The van der Waals surface area contributed by atoms with Gasteiger partial charge >= 0.3 is 5.69 Å². The van der Waals surface area contributed by atoms with Crippen LogP contribution in [0.1, 0.15) is 11.6 Å². The van der Waals surface area contributed by atoms with E-state index in [1.807, 2.05) is 35.8 Å². The second-order valence-electron chi connectivity index (χ2n) is 4.87. The SMILES string of the molecule is Cc1nc2ccccc2n1-c1cc2n[nH]c(=O)n2c(C)n1. The number of nitrogens with one attached hydrogen (secondary N) is 1. The van der Waals surface area contributed by atoms with Gasteiger partial charge < -0.3 is 0 Å². The van der Waals surface area contributed by atoms with Crippen LogP contribution in [0.25, 0.3) is 22.5 Å². The summed E-state index contributed by atoms with van der Waals surface area (Å²) >= 11 is 0. The fraction of sp³-hybridized carbons (Fsp3) is 0.143. The number of aryl methyl sites for hydroxylation is 2. The van der Waals surface area contributed by atoms with Gasteiger partial charge in [0.05, 0.1) is 11.0 Å². The maximum absolute atomic E-state index is 11.7. The largest absolute Gasteiger partial charge is 0.349 e. The molecule has 0 radical (unpaired) electrons. The first-order valence-electron chi connectivity index (χ1n) is 6.54. The van der Waals surface area contributed by atoms with Crippen molar-refractivity contribution in [2.75, 3.05) is 0 Å². The van der Waals surface area contributed by atoms with Gasteiger partial charge in [-0.1, -0.05) is 12.1 Å². The quantitative estimate of drug-likeness (QED) is 0.571. The minimum atomic E-state index is -0.284. The molecule has 0 aliphatic heterocycles. The molecule has 0 aliphatic rings. The molecule has 1 aromatic carbocycles. The Bertz CT molecular complexity index is 1040. The first-order chi connectivity index (χ1) is 10.1. The molecule has 7 nitrogen and oxygen atoms in total. The monoisotopic (exact) mass is 280 g/mol. The number of rotatable bonds is 1. The van der Waals surface area contributed by atoms with Crippen LogP contribution in [0.15, 0.2) is 35.1 Å². The molecule has 4 aromatic rings. The lowest BCUT2D eigenvalue weighted by Gasteiger charge is -2.07. The number of aromatic amines is 1. The molecule has 3 heterocycles. The molecule has 7 heteroatoms. The van der Waals surface area contributed by atoms with Crippen LogP contribution in [0.4, 0.5) is 0 Å². The summed E-state index contributed by atoms with van der Waals surface area (Å²) in [6.07, 6.45) is 0. The maximum atomic E-state index is 11.7. The third kappa shape index (κ3) is 1.60. The molecule has 0 saturated carbocycles. The standard InChI is InChI=1S/C14H12N6O/c1-8-15-10-5-3-4-6-11(10)19(8)12-7-13-17-18-14(21)20(13)9(2)16-12/h3-7H,1-2H3,(H,18,21). The Labute approximate surface area is 118 Å². The number of fused-ring (bicyclic) bond motifs is 2. The van der Waals surface area contributed by atoms with Crippen LogP contribution >= 0.6 is 0 Å². The second kappa shape index (κ2) is 4.02. The number of H-pyrrole nitrogens is 1. The maximum Gasteiger partial charge on any atom is 0.349 e. The van der Waals surface area contributed by atoms with Gasteiger partial charge in [-0.3, -0.25) is 4.57 Å². The molecule has 0 saturated heterocycles. The summed E-state index contributed by atoms with van der Waals surface area (Å²) in [6, 6.07) is 9.64. The first kappa shape index (κ1) is 11.8. The molecule has 21 heavy (non-hydrogen) atoms. The smallest absolute Gasteiger partial charge is 0.280 e. The number of nitrogens with zero attached hydrogens (tertiary/aromatic N) is 5. The van der Waals surface area contributed by atoms with Gasteiger partial charge in [0.2, 0.25) is 0 Å². The molecule has 3 aromatic heterocycles. The van der Waals surface area contributed by atoms with E-state index in [1.54, 1.807) is 13.0 Å². The zero-order chi connectivity index (χ0) is 14.6. The summed E-state index contributed by atoms with van der Waals surface area (Å²) in [5, 5.41) is 6.45. The van der Waals surface area contributed by atoms with Gasteiger partial charge in [0, 0.05) is 6.07 Å². The summed E-state index contributed by atoms with van der Waals surface area (Å²) in [5.74, 6) is 2.12. The van der Waals surface area contributed by atoms with E-state index in [9.17, 15) is 4.79 Å². The van der Waals surface area contributed by atoms with Crippen molar-refractivity contribution >= 4 is 16.7 Å². The van der Waals surface area contributed by atoms with Crippen molar-refractivity contribution in [2.24, 2.45) is 0 Å². The molecule has 0 amide bonds. The minimum Gasteiger partial charge on any atom is -0.280 e. The molecular formula is C14H12N6O. The van der Waals surface area contributed by atoms with Crippen molar-refractivity contribution in [2.45, 2.75) is 13.8 Å². The Hall–Kier alpha value is -2.96. The van der Waals surface area contributed by atoms with Gasteiger partial charge in [0.15, 0.2) is 5.65 Å². The van der Waals surface area contributed by atoms with E-state index in [0.29, 0.717) is 17.3 Å². The Morgan fingerprint density at radius 3 is 2.76 bits per heavy atom. The Morgan fingerprint density at radius 1 is 1.10 bits per heavy atom. The molecule has 1 N–H and O–H groups in total. The van der Waals surface area contributed by atoms with Gasteiger partial charge in [-0.2, -0.15) is 5.10 Å². The van der Waals surface area contributed by atoms with Crippen molar-refractivity contribution in [3.8, 4) is 5.82 Å². The predicted molar refractivity (Wildman–Crippen MR) is 77.7 cm³/mol. The van der Waals surface area contributed by atoms with Gasteiger partial charge in [0.25, 0.3) is 0 Å². The van der Waals surface area contributed by atoms with E-state index in [4.69, 9.17) is 0 Å². The molecule has 0 unspecified atom stereocenters. The average molecular weight is 280 g/mol. The highest BCUT2D eigenvalue weighted by Crippen LogP contribution is 2.20. The van der Waals surface area contributed by atoms with Gasteiger partial charge in [-0.05, 0) is 26.0 Å². The van der Waals surface area contributed by atoms with Crippen molar-refractivity contribution in [1.29, 1.82) is 0 Å². The van der Waals surface area contributed by atoms with Crippen LogP contribution in [0, 0.1) is 13.8 Å². The van der Waals surface area contributed by atoms with E-state index < -0.39 is 0 Å². The Balaban J connectivity index is 2.09. The number of aromatic nitrogens is 6. The lowest BCUT2D eigenvalue weighted by atomic mass is 10.3. The molecule has 0 bridgehead atoms. The lowest BCUT2D eigenvalue weighted by molar-refractivity contribution is 0.884. The van der Waals surface area contributed by atoms with Gasteiger partial charge in [0.1, 0.15) is 17.5 Å². The van der Waals surface area contributed by atoms with E-state index in [0.717, 1.165) is 16.9 Å². The number of hydrogen-bond donors (Lipinski definition) is 1. The van der Waals surface area contributed by atoms with Crippen LogP contribution in [0.3, 0.4) is 0 Å². The van der Waals surface area contributed by atoms with E-state index in [2.05, 4.69) is 20.2 Å². The lowest BCUT2D eigenvalue weighted by Crippen LogP contribution is -2.14. The molecule has 0 spiro atoms. The highest BCUT2D eigenvalue weighted by Gasteiger charge is 2.13. The van der Waals surface area contributed by atoms with Crippen LogP contribution in [-0.4, -0.2) is 29.1 Å². The highest BCUT2D eigenvalue weighted by molar-refractivity contribution is 5.78. The summed E-state index contributed by atoms with van der Waals surface area (Å²) in [6.45, 7) is 3.71. The third-order valence-electron chi connectivity index (χ3n) is 3.51. The average Bonchev–Trinajstić information content (AvgIpc) is 2.98. The minimum absolute atomic E-state index is 0.284. The van der Waals surface area contributed by atoms with Crippen molar-refractivity contribution < 1.29 is 0 Å². The van der Waals surface area contributed by atoms with Gasteiger partial charge in [-0.25, -0.2) is 24.3 Å². The summed E-state index contributed by atoms with van der Waals surface area (Å²) < 4.78 is 3.40. The zero-order valence-electron chi connectivity index (χ0n) is 11.5. The van der Waals surface area contributed by atoms with Crippen molar-refractivity contribution in [1.82, 2.24) is 29.1 Å². The van der Waals surface area contributed by atoms with Crippen LogP contribution in [0.5, 0.6) is 0 Å². The molecular weight excluding hydrogens is 268 g/mol. The second-order valence-corrected chi connectivity index (χ2v) is 4.87. The third-order valence-corrected chi connectivity index (χ3v) is 3.51. The first-order valence-corrected chi connectivity index (χ1v) is 6.54. The molecule has 0 aliphatic carbocycles. The predicted octanol–water partition coefficient (Wildman–Crippen LogP) is 1.37. The highest BCUT2D eigenvalue weighted by atomic mass is 16.1. The van der Waals surface area contributed by atoms with Crippen LogP contribution < -0.4 is 5.69 Å². The zero-order valence-corrected chi connectivity index (χ0v) is 11.5. The number of hydrogen-bond acceptors (Lipinski definition) is 4. The molecule has 0 atom stereocenters. The fourth-order valence-electron chi connectivity index (χ4n) is 2.63. The van der Waals surface area contributed by atoms with E-state index in [1.165, 1.54) is 4.40 Å². The fourth-order valence-corrected chi connectivity index (χ4v) is 2.63. The normalized spacial score (nSPS) is 11.5. The number of benzene rings is 1.